The van der Waals surface area contributed by atoms with Crippen molar-refractivity contribution in [1.29, 1.82) is 5.26 Å². The Hall–Kier alpha value is -4.78. The lowest BCUT2D eigenvalue weighted by Crippen LogP contribution is -2.22. The number of nitrogens with zero attached hydrogens (tertiary/aromatic N) is 8. The van der Waals surface area contributed by atoms with Crippen LogP contribution in [0.5, 0.6) is 5.75 Å². The fraction of sp³-hybridized carbons (Fsp3) is 0.160. The molecule has 0 fully saturated rings. The van der Waals surface area contributed by atoms with E-state index < -0.39 is 5.82 Å². The molecule has 9 nitrogen and oxygen atoms in total. The maximum atomic E-state index is 13.2. The van der Waals surface area contributed by atoms with Gasteiger partial charge in [0.25, 0.3) is 0 Å². The molecule has 0 bridgehead atoms. The minimum Gasteiger partial charge on any atom is -0.495 e. The molecule has 10 heteroatoms. The van der Waals surface area contributed by atoms with Crippen molar-refractivity contribution in [3.05, 3.63) is 84.5 Å². The number of nitriles is 1. The predicted octanol–water partition coefficient (Wildman–Crippen LogP) is 4.19. The van der Waals surface area contributed by atoms with Gasteiger partial charge in [-0.3, -0.25) is 0 Å². The topological polar surface area (TPSA) is 97.2 Å². The van der Waals surface area contributed by atoms with Crippen LogP contribution in [0.1, 0.15) is 24.1 Å². The highest BCUT2D eigenvalue weighted by atomic mass is 19.1. The van der Waals surface area contributed by atoms with Crippen molar-refractivity contribution in [3.8, 4) is 28.8 Å². The first-order valence-corrected chi connectivity index (χ1v) is 10.8. The smallest absolute Gasteiger partial charge is 0.161 e. The maximum absolute atomic E-state index is 13.2. The molecule has 0 aromatic carbocycles. The molecule has 1 atom stereocenters. The van der Waals surface area contributed by atoms with Gasteiger partial charge >= 0.3 is 0 Å². The highest BCUT2D eigenvalue weighted by Gasteiger charge is 2.17. The van der Waals surface area contributed by atoms with Gasteiger partial charge in [-0.2, -0.15) is 15.5 Å². The lowest BCUT2D eigenvalue weighted by Gasteiger charge is -2.26. The van der Waals surface area contributed by atoms with E-state index in [4.69, 9.17) is 4.74 Å². The van der Waals surface area contributed by atoms with Crippen LogP contribution in [0.2, 0.25) is 0 Å². The van der Waals surface area contributed by atoms with E-state index in [0.29, 0.717) is 22.6 Å². The molecule has 35 heavy (non-hydrogen) atoms. The molecule has 0 aliphatic rings. The van der Waals surface area contributed by atoms with Crippen molar-refractivity contribution in [3.63, 3.8) is 0 Å². The molecule has 0 aliphatic carbocycles. The second kappa shape index (κ2) is 8.87. The van der Waals surface area contributed by atoms with E-state index >= 15 is 0 Å². The molecular weight excluding hydrogens is 447 g/mol. The van der Waals surface area contributed by atoms with Gasteiger partial charge in [0.15, 0.2) is 11.6 Å². The molecule has 0 aliphatic heterocycles. The van der Waals surface area contributed by atoms with Crippen molar-refractivity contribution >= 4 is 11.3 Å². The highest BCUT2D eigenvalue weighted by molar-refractivity contribution is 5.85. The Morgan fingerprint density at radius 3 is 2.54 bits per heavy atom. The van der Waals surface area contributed by atoms with E-state index in [9.17, 15) is 9.65 Å². The molecule has 174 valence electrons. The maximum Gasteiger partial charge on any atom is 0.161 e. The summed E-state index contributed by atoms with van der Waals surface area (Å²) in [6.07, 6.45) is 9.22. The quantitative estimate of drug-likeness (QED) is 0.369. The molecule has 5 rings (SSSR count). The van der Waals surface area contributed by atoms with Gasteiger partial charge in [-0.1, -0.05) is 6.07 Å². The molecular formula is C25H21FN8O. The van der Waals surface area contributed by atoms with Gasteiger partial charge < -0.3 is 9.64 Å². The van der Waals surface area contributed by atoms with Crippen molar-refractivity contribution in [2.24, 2.45) is 0 Å². The van der Waals surface area contributed by atoms with Crippen LogP contribution in [0, 0.1) is 17.1 Å². The molecule has 5 heterocycles. The third kappa shape index (κ3) is 4.04. The van der Waals surface area contributed by atoms with Crippen molar-refractivity contribution in [2.75, 3.05) is 19.1 Å². The lowest BCUT2D eigenvalue weighted by atomic mass is 10.0. The summed E-state index contributed by atoms with van der Waals surface area (Å²) < 4.78 is 21.7. The number of ether oxygens (including phenoxy) is 1. The summed E-state index contributed by atoms with van der Waals surface area (Å²) in [5.41, 5.74) is 3.80. The Morgan fingerprint density at radius 2 is 1.91 bits per heavy atom. The molecule has 0 amide bonds. The van der Waals surface area contributed by atoms with Gasteiger partial charge in [0.1, 0.15) is 17.6 Å². The summed E-state index contributed by atoms with van der Waals surface area (Å²) in [6, 6.07) is 11.7. The summed E-state index contributed by atoms with van der Waals surface area (Å²) in [7, 11) is 3.55. The largest absolute Gasteiger partial charge is 0.495 e. The first-order valence-electron chi connectivity index (χ1n) is 10.8. The summed E-state index contributed by atoms with van der Waals surface area (Å²) in [4.78, 5) is 11.1. The van der Waals surface area contributed by atoms with Gasteiger partial charge in [0.2, 0.25) is 0 Å². The fourth-order valence-electron chi connectivity index (χ4n) is 3.89. The highest BCUT2D eigenvalue weighted by Crippen LogP contribution is 2.32. The molecule has 5 aromatic heterocycles. The zero-order valence-electron chi connectivity index (χ0n) is 19.3. The van der Waals surface area contributed by atoms with E-state index in [1.54, 1.807) is 36.3 Å². The first kappa shape index (κ1) is 22.0. The Morgan fingerprint density at radius 1 is 1.06 bits per heavy atom. The lowest BCUT2D eigenvalue weighted by molar-refractivity contribution is 0.412. The second-order valence-corrected chi connectivity index (χ2v) is 8.00. The van der Waals surface area contributed by atoms with E-state index in [2.05, 4.69) is 33.2 Å². The number of fused-ring (bicyclic) bond motifs is 1. The molecule has 0 spiro atoms. The van der Waals surface area contributed by atoms with Gasteiger partial charge in [-0.05, 0) is 36.8 Å². The van der Waals surface area contributed by atoms with Crippen molar-refractivity contribution in [1.82, 2.24) is 29.4 Å². The van der Waals surface area contributed by atoms with Gasteiger partial charge in [-0.25, -0.2) is 23.6 Å². The summed E-state index contributed by atoms with van der Waals surface area (Å²) in [5, 5.41) is 17.7. The number of hydrogen-bond donors (Lipinski definition) is 0. The number of methoxy groups -OCH3 is 1. The van der Waals surface area contributed by atoms with E-state index in [1.165, 1.54) is 17.1 Å². The van der Waals surface area contributed by atoms with Crippen LogP contribution >= 0.6 is 0 Å². The zero-order chi connectivity index (χ0) is 24.5. The molecule has 0 saturated carbocycles. The monoisotopic (exact) mass is 468 g/mol. The Balaban J connectivity index is 1.41. The first-order chi connectivity index (χ1) is 17.0. The number of halogens is 1. The molecule has 0 radical (unpaired) electrons. The summed E-state index contributed by atoms with van der Waals surface area (Å²) in [5.74, 6) is 1.53. The van der Waals surface area contributed by atoms with Gasteiger partial charge in [0, 0.05) is 30.6 Å². The van der Waals surface area contributed by atoms with E-state index in [-0.39, 0.29) is 6.04 Å². The number of aromatic nitrogens is 6. The Bertz CT molecular complexity index is 1530. The Labute approximate surface area is 200 Å². The minimum absolute atomic E-state index is 0.0206. The van der Waals surface area contributed by atoms with Crippen LogP contribution in [0.3, 0.4) is 0 Å². The van der Waals surface area contributed by atoms with Crippen LogP contribution < -0.4 is 9.64 Å². The van der Waals surface area contributed by atoms with E-state index in [1.807, 2.05) is 36.2 Å². The zero-order valence-corrected chi connectivity index (χ0v) is 19.3. The standard InChI is InChI=1S/C25H21FN8O/c1-16(17-4-7-24(29-10-17)33-14-20(26)13-31-33)32(2)23-6-5-18(11-28-23)22-8-21(35-3)15-34-25(22)19(9-27)12-30-34/h4-8,10-16H,1-3H3. The van der Waals surface area contributed by atoms with Gasteiger partial charge in [0.05, 0.1) is 49.0 Å². The number of anilines is 1. The normalized spacial score (nSPS) is 11.9. The third-order valence-electron chi connectivity index (χ3n) is 5.98. The molecule has 1 unspecified atom stereocenters. The fourth-order valence-corrected chi connectivity index (χ4v) is 3.89. The number of pyridine rings is 3. The SMILES string of the molecule is COc1cc(-c2ccc(N(C)C(C)c3ccc(-n4cc(F)cn4)nc3)nc2)c2c(C#N)cnn2c1. The summed E-state index contributed by atoms with van der Waals surface area (Å²) >= 11 is 0. The molecule has 5 aromatic rings. The summed E-state index contributed by atoms with van der Waals surface area (Å²) in [6.45, 7) is 2.05. The number of hydrogen-bond acceptors (Lipinski definition) is 7. The van der Waals surface area contributed by atoms with Crippen molar-refractivity contribution < 1.29 is 9.13 Å². The third-order valence-corrected chi connectivity index (χ3v) is 5.98. The number of rotatable bonds is 6. The second-order valence-electron chi connectivity index (χ2n) is 8.00. The minimum atomic E-state index is -0.412. The van der Waals surface area contributed by atoms with Crippen molar-refractivity contribution in [2.45, 2.75) is 13.0 Å². The average Bonchev–Trinajstić information content (AvgIpc) is 3.53. The van der Waals surface area contributed by atoms with Crippen LogP contribution in [-0.2, 0) is 0 Å². The van der Waals surface area contributed by atoms with Crippen LogP contribution in [0.15, 0.2) is 67.5 Å². The molecule has 0 saturated heterocycles. The van der Waals surface area contributed by atoms with Crippen LogP contribution in [0.4, 0.5) is 10.2 Å². The Kier molecular flexibility index (Phi) is 5.58. The van der Waals surface area contributed by atoms with Crippen LogP contribution in [-0.4, -0.2) is 43.5 Å². The van der Waals surface area contributed by atoms with E-state index in [0.717, 1.165) is 28.7 Å². The van der Waals surface area contributed by atoms with Gasteiger partial charge in [-0.15, -0.1) is 0 Å². The predicted molar refractivity (Wildman–Crippen MR) is 128 cm³/mol. The average molecular weight is 468 g/mol. The molecule has 0 N–H and O–H groups in total. The van der Waals surface area contributed by atoms with Crippen LogP contribution in [0.25, 0.3) is 22.5 Å².